The van der Waals surface area contributed by atoms with Crippen molar-refractivity contribution in [3.05, 3.63) is 23.3 Å². The zero-order valence-electron chi connectivity index (χ0n) is 16.8. The Morgan fingerprint density at radius 1 is 1.00 bits per heavy atom. The van der Waals surface area contributed by atoms with Gasteiger partial charge >= 0.3 is 0 Å². The molecule has 2 atom stereocenters. The van der Waals surface area contributed by atoms with Gasteiger partial charge in [-0.05, 0) is 37.5 Å². The maximum absolute atomic E-state index is 12.9. The second-order valence-electron chi connectivity index (χ2n) is 9.13. The largest absolute Gasteiger partial charge is 0.342 e. The lowest BCUT2D eigenvalue weighted by Crippen LogP contribution is -2.40. The summed E-state index contributed by atoms with van der Waals surface area (Å²) in [4.78, 5) is 38.0. The van der Waals surface area contributed by atoms with Gasteiger partial charge in [0.2, 0.25) is 11.8 Å². The van der Waals surface area contributed by atoms with Crippen molar-refractivity contribution in [2.24, 2.45) is 17.8 Å². The molecule has 5 rings (SSSR count). The molecule has 0 spiro atoms. The third kappa shape index (κ3) is 3.20. The predicted octanol–water partition coefficient (Wildman–Crippen LogP) is 2.52. The average molecular weight is 383 g/mol. The van der Waals surface area contributed by atoms with E-state index in [4.69, 9.17) is 4.98 Å². The summed E-state index contributed by atoms with van der Waals surface area (Å²) in [6.45, 7) is 4.68. The van der Waals surface area contributed by atoms with E-state index in [9.17, 15) is 9.59 Å². The molecule has 3 fully saturated rings. The van der Waals surface area contributed by atoms with Crippen molar-refractivity contribution in [1.29, 1.82) is 0 Å². The van der Waals surface area contributed by atoms with Crippen LogP contribution < -0.4 is 0 Å². The fourth-order valence-corrected chi connectivity index (χ4v) is 5.72. The first kappa shape index (κ1) is 18.1. The topological polar surface area (TPSA) is 66.4 Å². The van der Waals surface area contributed by atoms with E-state index in [1.807, 2.05) is 11.1 Å². The van der Waals surface area contributed by atoms with Crippen molar-refractivity contribution in [1.82, 2.24) is 19.8 Å². The Balaban J connectivity index is 1.19. The minimum atomic E-state index is 0.113. The first-order valence-electron chi connectivity index (χ1n) is 11.0. The van der Waals surface area contributed by atoms with Crippen molar-refractivity contribution in [3.63, 3.8) is 0 Å². The van der Waals surface area contributed by atoms with E-state index in [1.165, 1.54) is 25.7 Å². The molecule has 1 saturated heterocycles. The van der Waals surface area contributed by atoms with E-state index in [-0.39, 0.29) is 5.91 Å². The van der Waals surface area contributed by atoms with Gasteiger partial charge in [-0.2, -0.15) is 0 Å². The first-order chi connectivity index (χ1) is 13.6. The van der Waals surface area contributed by atoms with Gasteiger partial charge in [-0.25, -0.2) is 9.97 Å². The molecule has 1 aromatic heterocycles. The van der Waals surface area contributed by atoms with Gasteiger partial charge in [0.1, 0.15) is 5.82 Å². The van der Waals surface area contributed by atoms with Crippen LogP contribution in [0.15, 0.2) is 6.20 Å². The molecule has 150 valence electrons. The second-order valence-corrected chi connectivity index (χ2v) is 9.13. The average Bonchev–Trinajstić information content (AvgIpc) is 3.47. The number of aromatic nitrogens is 2. The Labute approximate surface area is 166 Å². The molecule has 6 nitrogen and oxygen atoms in total. The van der Waals surface area contributed by atoms with Crippen LogP contribution in [0.2, 0.25) is 0 Å². The van der Waals surface area contributed by atoms with Crippen LogP contribution in [0.4, 0.5) is 0 Å². The standard InChI is InChI=1S/C22H30N4O2/c1-14(27)26-11-8-19-16(13-26)12-23-21(24-19)15-6-9-25(10-7-15)22(28)20-17-4-2-3-5-18(17)20/h12,15,17-18,20H,2-11,13H2,1H3. The highest BCUT2D eigenvalue weighted by Crippen LogP contribution is 2.56. The van der Waals surface area contributed by atoms with E-state index < -0.39 is 0 Å². The molecule has 1 aromatic rings. The van der Waals surface area contributed by atoms with Crippen LogP contribution in [0.5, 0.6) is 0 Å². The van der Waals surface area contributed by atoms with Crippen LogP contribution in [0, 0.1) is 17.8 Å². The van der Waals surface area contributed by atoms with E-state index in [2.05, 4.69) is 9.88 Å². The highest BCUT2D eigenvalue weighted by Gasteiger charge is 2.55. The number of nitrogens with zero attached hydrogens (tertiary/aromatic N) is 4. The first-order valence-corrected chi connectivity index (χ1v) is 11.0. The molecule has 2 amide bonds. The number of piperidine rings is 1. The van der Waals surface area contributed by atoms with Gasteiger partial charge in [0, 0.05) is 63.1 Å². The van der Waals surface area contributed by atoms with Crippen molar-refractivity contribution in [2.45, 2.75) is 64.3 Å². The third-order valence-corrected chi connectivity index (χ3v) is 7.51. The van der Waals surface area contributed by atoms with E-state index in [1.54, 1.807) is 6.92 Å². The molecule has 0 radical (unpaired) electrons. The number of carbonyl (C=O) groups is 2. The van der Waals surface area contributed by atoms with Gasteiger partial charge in [-0.1, -0.05) is 12.8 Å². The number of hydrogen-bond acceptors (Lipinski definition) is 4. The number of amides is 2. The van der Waals surface area contributed by atoms with Gasteiger partial charge in [-0.3, -0.25) is 9.59 Å². The summed E-state index contributed by atoms with van der Waals surface area (Å²) in [7, 11) is 0. The zero-order valence-corrected chi connectivity index (χ0v) is 16.8. The Morgan fingerprint density at radius 3 is 2.39 bits per heavy atom. The highest BCUT2D eigenvalue weighted by atomic mass is 16.2. The second kappa shape index (κ2) is 7.12. The number of likely N-dealkylation sites (tertiary alicyclic amines) is 1. The van der Waals surface area contributed by atoms with E-state index in [0.717, 1.165) is 56.0 Å². The quantitative estimate of drug-likeness (QED) is 0.788. The van der Waals surface area contributed by atoms with Crippen molar-refractivity contribution >= 4 is 11.8 Å². The van der Waals surface area contributed by atoms with Gasteiger partial charge in [-0.15, -0.1) is 0 Å². The fourth-order valence-electron chi connectivity index (χ4n) is 5.72. The van der Waals surface area contributed by atoms with Crippen molar-refractivity contribution in [3.8, 4) is 0 Å². The summed E-state index contributed by atoms with van der Waals surface area (Å²) in [5, 5.41) is 0. The van der Waals surface area contributed by atoms with Crippen LogP contribution in [0.1, 0.15) is 68.4 Å². The molecular weight excluding hydrogens is 352 g/mol. The maximum Gasteiger partial charge on any atom is 0.226 e. The van der Waals surface area contributed by atoms with Gasteiger partial charge in [0.15, 0.2) is 0 Å². The predicted molar refractivity (Wildman–Crippen MR) is 104 cm³/mol. The number of fused-ring (bicyclic) bond motifs is 2. The summed E-state index contributed by atoms with van der Waals surface area (Å²) >= 11 is 0. The molecule has 0 N–H and O–H groups in total. The van der Waals surface area contributed by atoms with Crippen molar-refractivity contribution in [2.75, 3.05) is 19.6 Å². The van der Waals surface area contributed by atoms with E-state index >= 15 is 0 Å². The summed E-state index contributed by atoms with van der Waals surface area (Å²) < 4.78 is 0. The van der Waals surface area contributed by atoms with Gasteiger partial charge in [0.25, 0.3) is 0 Å². The summed E-state index contributed by atoms with van der Waals surface area (Å²) in [5.41, 5.74) is 2.18. The molecular formula is C22H30N4O2. The molecule has 2 aliphatic carbocycles. The minimum Gasteiger partial charge on any atom is -0.342 e. The molecule has 2 unspecified atom stereocenters. The molecule has 0 bridgehead atoms. The van der Waals surface area contributed by atoms with Gasteiger partial charge in [0.05, 0.1) is 5.69 Å². The third-order valence-electron chi connectivity index (χ3n) is 7.51. The van der Waals surface area contributed by atoms with Gasteiger partial charge < -0.3 is 9.80 Å². The maximum atomic E-state index is 12.9. The Hall–Kier alpha value is -1.98. The molecule has 4 aliphatic rings. The zero-order chi connectivity index (χ0) is 19.3. The lowest BCUT2D eigenvalue weighted by atomic mass is 9.95. The number of rotatable bonds is 2. The Bertz CT molecular complexity index is 775. The Kier molecular flexibility index (Phi) is 4.60. The molecule has 0 aromatic carbocycles. The number of carbonyl (C=O) groups excluding carboxylic acids is 2. The smallest absolute Gasteiger partial charge is 0.226 e. The SMILES string of the molecule is CC(=O)N1CCc2nc(C3CCN(C(=O)C4C5CCCCC54)CC3)ncc2C1. The Morgan fingerprint density at radius 2 is 1.71 bits per heavy atom. The summed E-state index contributed by atoms with van der Waals surface area (Å²) in [6, 6.07) is 0. The van der Waals surface area contributed by atoms with Crippen LogP contribution in [-0.4, -0.2) is 51.2 Å². The fraction of sp³-hybridized carbons (Fsp3) is 0.727. The molecule has 6 heteroatoms. The molecule has 2 saturated carbocycles. The lowest BCUT2D eigenvalue weighted by molar-refractivity contribution is -0.134. The van der Waals surface area contributed by atoms with Crippen LogP contribution >= 0.6 is 0 Å². The number of hydrogen-bond donors (Lipinski definition) is 0. The van der Waals surface area contributed by atoms with Crippen LogP contribution in [-0.2, 0) is 22.6 Å². The summed E-state index contributed by atoms with van der Waals surface area (Å²) in [6.07, 6.45) is 9.81. The lowest BCUT2D eigenvalue weighted by Gasteiger charge is -2.32. The van der Waals surface area contributed by atoms with Crippen molar-refractivity contribution < 1.29 is 9.59 Å². The molecule has 2 aliphatic heterocycles. The van der Waals surface area contributed by atoms with Crippen LogP contribution in [0.3, 0.4) is 0 Å². The molecule has 28 heavy (non-hydrogen) atoms. The minimum absolute atomic E-state index is 0.113. The monoisotopic (exact) mass is 382 g/mol. The molecule has 3 heterocycles. The highest BCUT2D eigenvalue weighted by molar-refractivity contribution is 5.82. The summed E-state index contributed by atoms with van der Waals surface area (Å²) in [5.74, 6) is 3.54. The normalized spacial score (nSPS) is 29.8. The van der Waals surface area contributed by atoms with Crippen LogP contribution in [0.25, 0.3) is 0 Å². The van der Waals surface area contributed by atoms with E-state index in [0.29, 0.717) is 36.1 Å².